The van der Waals surface area contributed by atoms with E-state index in [0.717, 1.165) is 21.0 Å². The molecule has 0 aliphatic heterocycles. The molecule has 1 atom stereocenters. The van der Waals surface area contributed by atoms with Gasteiger partial charge in [-0.2, -0.15) is 0 Å². The predicted molar refractivity (Wildman–Crippen MR) is 147 cm³/mol. The van der Waals surface area contributed by atoms with Crippen molar-refractivity contribution < 1.29 is 22.4 Å². The summed E-state index contributed by atoms with van der Waals surface area (Å²) in [6.07, 6.45) is 0. The van der Waals surface area contributed by atoms with Gasteiger partial charge in [-0.3, -0.25) is 13.9 Å². The molecule has 3 aromatic rings. The second kappa shape index (κ2) is 12.2. The van der Waals surface area contributed by atoms with E-state index in [4.69, 9.17) is 0 Å². The van der Waals surface area contributed by atoms with Crippen molar-refractivity contribution in [1.82, 2.24) is 10.2 Å². The van der Waals surface area contributed by atoms with Gasteiger partial charge >= 0.3 is 0 Å². The molecule has 0 aromatic heterocycles. The molecule has 7 nitrogen and oxygen atoms in total. The van der Waals surface area contributed by atoms with Gasteiger partial charge < -0.3 is 10.2 Å². The SMILES string of the molecule is CCNC(=O)[C@H](C)N(Cc1ccccc1F)C(=O)CN(c1cc(C)cc(C)c1)S(=O)(=O)c1ccc(C)cc1. The van der Waals surface area contributed by atoms with E-state index >= 15 is 0 Å². The summed E-state index contributed by atoms with van der Waals surface area (Å²) in [5.41, 5.74) is 3.10. The van der Waals surface area contributed by atoms with E-state index in [0.29, 0.717) is 12.2 Å². The maximum atomic E-state index is 14.5. The summed E-state index contributed by atoms with van der Waals surface area (Å²) >= 11 is 0. The van der Waals surface area contributed by atoms with Crippen LogP contribution in [0.5, 0.6) is 0 Å². The molecule has 1 N–H and O–H groups in total. The molecule has 3 aromatic carbocycles. The van der Waals surface area contributed by atoms with Crippen LogP contribution in [0.1, 0.15) is 36.1 Å². The third-order valence-corrected chi connectivity index (χ3v) is 7.99. The number of nitrogens with zero attached hydrogens (tertiary/aromatic N) is 2. The summed E-state index contributed by atoms with van der Waals surface area (Å²) in [6.45, 7) is 8.41. The Morgan fingerprint density at radius 3 is 2.11 bits per heavy atom. The molecule has 9 heteroatoms. The quantitative estimate of drug-likeness (QED) is 0.411. The Kier molecular flexibility index (Phi) is 9.27. The van der Waals surface area contributed by atoms with Crippen LogP contribution < -0.4 is 9.62 Å². The first-order chi connectivity index (χ1) is 17.9. The van der Waals surface area contributed by atoms with Crippen LogP contribution in [0.2, 0.25) is 0 Å². The van der Waals surface area contributed by atoms with Gasteiger partial charge in [0.2, 0.25) is 11.8 Å². The van der Waals surface area contributed by atoms with Crippen molar-refractivity contribution in [2.75, 3.05) is 17.4 Å². The molecule has 0 heterocycles. The molecule has 38 heavy (non-hydrogen) atoms. The monoisotopic (exact) mass is 539 g/mol. The number of nitrogens with one attached hydrogen (secondary N) is 1. The van der Waals surface area contributed by atoms with Crippen molar-refractivity contribution in [3.05, 3.63) is 94.8 Å². The first-order valence-corrected chi connectivity index (χ1v) is 13.9. The van der Waals surface area contributed by atoms with Crippen LogP contribution >= 0.6 is 0 Å². The second-order valence-electron chi connectivity index (χ2n) is 9.35. The first-order valence-electron chi connectivity index (χ1n) is 12.4. The average molecular weight is 540 g/mol. The number of sulfonamides is 1. The molecule has 0 saturated carbocycles. The standard InChI is InChI=1S/C29H34FN3O4S/c1-6-31-29(35)23(5)32(18-24-9-7-8-10-27(24)30)28(34)19-33(25-16-21(3)15-22(4)17-25)38(36,37)26-13-11-20(2)12-14-26/h7-17,23H,6,18-19H2,1-5H3,(H,31,35)/t23-/m0/s1. The topological polar surface area (TPSA) is 86.8 Å². The summed E-state index contributed by atoms with van der Waals surface area (Å²) in [5.74, 6) is -1.58. The Morgan fingerprint density at radius 1 is 0.921 bits per heavy atom. The minimum atomic E-state index is -4.16. The fourth-order valence-corrected chi connectivity index (χ4v) is 5.57. The molecule has 0 radical (unpaired) electrons. The van der Waals surface area contributed by atoms with Crippen molar-refractivity contribution in [3.8, 4) is 0 Å². The lowest BCUT2D eigenvalue weighted by molar-refractivity contribution is -0.139. The summed E-state index contributed by atoms with van der Waals surface area (Å²) in [7, 11) is -4.16. The second-order valence-corrected chi connectivity index (χ2v) is 11.2. The highest BCUT2D eigenvalue weighted by Gasteiger charge is 2.33. The van der Waals surface area contributed by atoms with Gasteiger partial charge in [0, 0.05) is 18.7 Å². The minimum absolute atomic E-state index is 0.0347. The summed E-state index contributed by atoms with van der Waals surface area (Å²) in [5, 5.41) is 2.68. The van der Waals surface area contributed by atoms with Crippen molar-refractivity contribution in [2.24, 2.45) is 0 Å². The zero-order chi connectivity index (χ0) is 28.0. The maximum absolute atomic E-state index is 14.5. The molecule has 0 aliphatic carbocycles. The van der Waals surface area contributed by atoms with E-state index in [-0.39, 0.29) is 17.0 Å². The van der Waals surface area contributed by atoms with Crippen molar-refractivity contribution in [1.29, 1.82) is 0 Å². The number of benzene rings is 3. The lowest BCUT2D eigenvalue weighted by atomic mass is 10.1. The zero-order valence-electron chi connectivity index (χ0n) is 22.4. The number of anilines is 1. The van der Waals surface area contributed by atoms with Gasteiger partial charge in [0.25, 0.3) is 10.0 Å². The third kappa shape index (κ3) is 6.77. The Balaban J connectivity index is 2.08. The number of carbonyl (C=O) groups excluding carboxylic acids is 2. The summed E-state index contributed by atoms with van der Waals surface area (Å²) in [4.78, 5) is 27.8. The van der Waals surface area contributed by atoms with Crippen LogP contribution in [0.4, 0.5) is 10.1 Å². The Bertz CT molecular complexity index is 1390. The normalized spacial score (nSPS) is 12.1. The van der Waals surface area contributed by atoms with E-state index in [2.05, 4.69) is 5.32 Å². The van der Waals surface area contributed by atoms with Gasteiger partial charge in [-0.25, -0.2) is 12.8 Å². The highest BCUT2D eigenvalue weighted by Crippen LogP contribution is 2.27. The van der Waals surface area contributed by atoms with Gasteiger partial charge in [0.15, 0.2) is 0 Å². The van der Waals surface area contributed by atoms with E-state index in [1.54, 1.807) is 44.2 Å². The Labute approximate surface area is 224 Å². The number of hydrogen-bond acceptors (Lipinski definition) is 4. The van der Waals surface area contributed by atoms with Crippen LogP contribution in [-0.4, -0.2) is 44.3 Å². The molecule has 0 saturated heterocycles. The predicted octanol–water partition coefficient (Wildman–Crippen LogP) is 4.50. The highest BCUT2D eigenvalue weighted by atomic mass is 32.2. The highest BCUT2D eigenvalue weighted by molar-refractivity contribution is 7.92. The molecule has 3 rings (SSSR count). The van der Waals surface area contributed by atoms with Crippen LogP contribution in [0.15, 0.2) is 71.6 Å². The van der Waals surface area contributed by atoms with Gasteiger partial charge in [-0.15, -0.1) is 0 Å². The van der Waals surface area contributed by atoms with Gasteiger partial charge in [-0.1, -0.05) is 42.0 Å². The molecule has 0 fully saturated rings. The van der Waals surface area contributed by atoms with Crippen LogP contribution in [0.25, 0.3) is 0 Å². The van der Waals surface area contributed by atoms with Gasteiger partial charge in [0.05, 0.1) is 10.6 Å². The summed E-state index contributed by atoms with van der Waals surface area (Å²) < 4.78 is 43.3. The molecule has 0 unspecified atom stereocenters. The lowest BCUT2D eigenvalue weighted by Gasteiger charge is -2.32. The van der Waals surface area contributed by atoms with Crippen LogP contribution in [0.3, 0.4) is 0 Å². The van der Waals surface area contributed by atoms with Crippen molar-refractivity contribution in [3.63, 3.8) is 0 Å². The Hall–Kier alpha value is -3.72. The number of likely N-dealkylation sites (N-methyl/N-ethyl adjacent to an activating group) is 1. The van der Waals surface area contributed by atoms with Gasteiger partial charge in [-0.05, 0) is 76.1 Å². The number of amides is 2. The zero-order valence-corrected chi connectivity index (χ0v) is 23.2. The Morgan fingerprint density at radius 2 is 1.53 bits per heavy atom. The third-order valence-electron chi connectivity index (χ3n) is 6.20. The lowest BCUT2D eigenvalue weighted by Crippen LogP contribution is -2.51. The maximum Gasteiger partial charge on any atom is 0.264 e. The fraction of sp³-hybridized carbons (Fsp3) is 0.310. The smallest absolute Gasteiger partial charge is 0.264 e. The molecule has 2 amide bonds. The van der Waals surface area contributed by atoms with E-state index in [9.17, 15) is 22.4 Å². The van der Waals surface area contributed by atoms with Crippen LogP contribution in [0, 0.1) is 26.6 Å². The number of hydrogen-bond donors (Lipinski definition) is 1. The first kappa shape index (κ1) is 28.8. The number of carbonyl (C=O) groups is 2. The molecule has 202 valence electrons. The molecular formula is C29H34FN3O4S. The number of aryl methyl sites for hydroxylation is 3. The van der Waals surface area contributed by atoms with Crippen molar-refractivity contribution >= 4 is 27.5 Å². The van der Waals surface area contributed by atoms with E-state index in [1.807, 2.05) is 26.8 Å². The number of rotatable bonds is 10. The van der Waals surface area contributed by atoms with E-state index in [1.165, 1.54) is 35.2 Å². The molecule has 0 aliphatic rings. The largest absolute Gasteiger partial charge is 0.355 e. The van der Waals surface area contributed by atoms with Crippen LogP contribution in [-0.2, 0) is 26.2 Å². The molecule has 0 bridgehead atoms. The summed E-state index contributed by atoms with van der Waals surface area (Å²) in [6, 6.07) is 16.7. The molecular weight excluding hydrogens is 505 g/mol. The average Bonchev–Trinajstić information content (AvgIpc) is 2.86. The van der Waals surface area contributed by atoms with E-state index < -0.39 is 40.2 Å². The van der Waals surface area contributed by atoms with Crippen molar-refractivity contribution in [2.45, 2.75) is 52.1 Å². The molecule has 0 spiro atoms. The fourth-order valence-electron chi connectivity index (χ4n) is 4.18. The minimum Gasteiger partial charge on any atom is -0.355 e. The van der Waals surface area contributed by atoms with Gasteiger partial charge in [0.1, 0.15) is 18.4 Å². The number of halogens is 1.